The van der Waals surface area contributed by atoms with E-state index in [-0.39, 0.29) is 17.7 Å². The number of hydrazine groups is 1. The molecule has 0 aliphatic rings. The Labute approximate surface area is 108 Å². The second-order valence-electron chi connectivity index (χ2n) is 4.57. The summed E-state index contributed by atoms with van der Waals surface area (Å²) in [5, 5.41) is 0. The van der Waals surface area contributed by atoms with Gasteiger partial charge >= 0.3 is 0 Å². The van der Waals surface area contributed by atoms with Crippen LogP contribution >= 0.6 is 0 Å². The van der Waals surface area contributed by atoms with Crippen LogP contribution in [0.5, 0.6) is 0 Å². The molecule has 0 bridgehead atoms. The van der Waals surface area contributed by atoms with Crippen molar-refractivity contribution in [3.05, 3.63) is 34.9 Å². The van der Waals surface area contributed by atoms with Crippen molar-refractivity contribution in [1.29, 1.82) is 0 Å². The lowest BCUT2D eigenvalue weighted by molar-refractivity contribution is -0.125. The minimum absolute atomic E-state index is 0.107. The molecule has 0 radical (unpaired) electrons. The van der Waals surface area contributed by atoms with Crippen LogP contribution in [0, 0.1) is 19.8 Å². The van der Waals surface area contributed by atoms with Crippen LogP contribution in [-0.2, 0) is 4.79 Å². The molecule has 1 aromatic rings. The van der Waals surface area contributed by atoms with Gasteiger partial charge in [-0.25, -0.2) is 0 Å². The van der Waals surface area contributed by atoms with Crippen molar-refractivity contribution in [3.8, 4) is 0 Å². The van der Waals surface area contributed by atoms with Gasteiger partial charge in [0.1, 0.15) is 0 Å². The van der Waals surface area contributed by atoms with Crippen LogP contribution in [0.3, 0.4) is 0 Å². The molecule has 0 fully saturated rings. The maximum atomic E-state index is 11.9. The normalized spacial score (nSPS) is 11.8. The van der Waals surface area contributed by atoms with Crippen LogP contribution in [0.15, 0.2) is 18.2 Å². The molecule has 0 aromatic heterocycles. The maximum Gasteiger partial charge on any atom is 0.269 e. The van der Waals surface area contributed by atoms with Crippen molar-refractivity contribution in [3.63, 3.8) is 0 Å². The molecule has 0 aliphatic heterocycles. The van der Waals surface area contributed by atoms with E-state index in [1.807, 2.05) is 39.8 Å². The third-order valence-corrected chi connectivity index (χ3v) is 2.99. The first kappa shape index (κ1) is 14.2. The molecule has 1 atom stereocenters. The van der Waals surface area contributed by atoms with E-state index in [4.69, 9.17) is 0 Å². The quantitative estimate of drug-likeness (QED) is 0.805. The van der Waals surface area contributed by atoms with Gasteiger partial charge in [-0.1, -0.05) is 31.5 Å². The highest BCUT2D eigenvalue weighted by Gasteiger charge is 2.13. The molecule has 1 aromatic carbocycles. The zero-order chi connectivity index (χ0) is 13.7. The zero-order valence-electron chi connectivity index (χ0n) is 11.3. The largest absolute Gasteiger partial charge is 0.273 e. The van der Waals surface area contributed by atoms with Gasteiger partial charge in [0.15, 0.2) is 0 Å². The van der Waals surface area contributed by atoms with Crippen LogP contribution in [0.2, 0.25) is 0 Å². The van der Waals surface area contributed by atoms with Crippen molar-refractivity contribution in [1.82, 2.24) is 10.9 Å². The predicted octanol–water partition coefficient (Wildman–Crippen LogP) is 2.11. The summed E-state index contributed by atoms with van der Waals surface area (Å²) in [5.41, 5.74) is 7.44. The van der Waals surface area contributed by atoms with E-state index in [2.05, 4.69) is 10.9 Å². The lowest BCUT2D eigenvalue weighted by Gasteiger charge is -2.12. The second kappa shape index (κ2) is 6.19. The summed E-state index contributed by atoms with van der Waals surface area (Å²) in [6, 6.07) is 5.57. The van der Waals surface area contributed by atoms with Gasteiger partial charge in [0, 0.05) is 11.5 Å². The fourth-order valence-corrected chi connectivity index (χ4v) is 1.56. The molecule has 4 nitrogen and oxygen atoms in total. The van der Waals surface area contributed by atoms with E-state index in [9.17, 15) is 9.59 Å². The molecule has 0 saturated heterocycles. The van der Waals surface area contributed by atoms with Gasteiger partial charge < -0.3 is 0 Å². The standard InChI is InChI=1S/C14H20N2O2/c1-5-10(3)13(17)15-16-14(18)12-7-6-9(2)8-11(12)4/h6-8,10H,5H2,1-4H3,(H,15,17)(H,16,18). The number of hydrogen-bond donors (Lipinski definition) is 2. The van der Waals surface area contributed by atoms with Crippen LogP contribution < -0.4 is 10.9 Å². The summed E-state index contributed by atoms with van der Waals surface area (Å²) in [5.74, 6) is -0.566. The minimum Gasteiger partial charge on any atom is -0.273 e. The molecule has 1 rings (SSSR count). The fourth-order valence-electron chi connectivity index (χ4n) is 1.56. The third-order valence-electron chi connectivity index (χ3n) is 2.99. The number of carbonyl (C=O) groups excluding carboxylic acids is 2. The molecule has 4 heteroatoms. The van der Waals surface area contributed by atoms with E-state index in [0.717, 1.165) is 17.5 Å². The Kier molecular flexibility index (Phi) is 4.89. The van der Waals surface area contributed by atoms with Gasteiger partial charge in [0.2, 0.25) is 5.91 Å². The van der Waals surface area contributed by atoms with Gasteiger partial charge in [-0.2, -0.15) is 0 Å². The number of rotatable bonds is 3. The number of amides is 2. The number of hydrogen-bond acceptors (Lipinski definition) is 2. The highest BCUT2D eigenvalue weighted by atomic mass is 16.2. The first-order valence-electron chi connectivity index (χ1n) is 6.13. The Hall–Kier alpha value is -1.84. The average Bonchev–Trinajstić information content (AvgIpc) is 2.34. The Morgan fingerprint density at radius 2 is 1.89 bits per heavy atom. The average molecular weight is 248 g/mol. The van der Waals surface area contributed by atoms with Crippen LogP contribution in [0.4, 0.5) is 0 Å². The summed E-state index contributed by atoms with van der Waals surface area (Å²) < 4.78 is 0. The van der Waals surface area contributed by atoms with E-state index in [0.29, 0.717) is 5.56 Å². The first-order chi connectivity index (χ1) is 8.45. The van der Waals surface area contributed by atoms with E-state index >= 15 is 0 Å². The monoisotopic (exact) mass is 248 g/mol. The molecule has 98 valence electrons. The van der Waals surface area contributed by atoms with Gasteiger partial charge in [0.25, 0.3) is 5.91 Å². The van der Waals surface area contributed by atoms with E-state index < -0.39 is 0 Å². The molecule has 2 amide bonds. The van der Waals surface area contributed by atoms with Crippen molar-refractivity contribution in [2.45, 2.75) is 34.1 Å². The maximum absolute atomic E-state index is 11.9. The Balaban J connectivity index is 2.63. The van der Waals surface area contributed by atoms with Crippen molar-refractivity contribution >= 4 is 11.8 Å². The summed E-state index contributed by atoms with van der Waals surface area (Å²) in [4.78, 5) is 23.4. The SMILES string of the molecule is CCC(C)C(=O)NNC(=O)c1ccc(C)cc1C. The smallest absolute Gasteiger partial charge is 0.269 e. The van der Waals surface area contributed by atoms with Crippen molar-refractivity contribution in [2.24, 2.45) is 5.92 Å². The highest BCUT2D eigenvalue weighted by molar-refractivity contribution is 5.96. The number of nitrogens with one attached hydrogen (secondary N) is 2. The Morgan fingerprint density at radius 3 is 2.44 bits per heavy atom. The number of carbonyl (C=O) groups is 2. The molecule has 0 heterocycles. The molecule has 18 heavy (non-hydrogen) atoms. The van der Waals surface area contributed by atoms with Crippen molar-refractivity contribution in [2.75, 3.05) is 0 Å². The number of benzene rings is 1. The fraction of sp³-hybridized carbons (Fsp3) is 0.429. The summed E-state index contributed by atoms with van der Waals surface area (Å²) >= 11 is 0. The summed E-state index contributed by atoms with van der Waals surface area (Å²) in [6.07, 6.45) is 0.741. The van der Waals surface area contributed by atoms with Crippen LogP contribution in [0.1, 0.15) is 41.8 Å². The topological polar surface area (TPSA) is 58.2 Å². The molecule has 1 unspecified atom stereocenters. The molecular weight excluding hydrogens is 228 g/mol. The lowest BCUT2D eigenvalue weighted by atomic mass is 10.1. The van der Waals surface area contributed by atoms with Gasteiger partial charge in [-0.05, 0) is 31.9 Å². The lowest BCUT2D eigenvalue weighted by Crippen LogP contribution is -2.44. The molecule has 2 N–H and O–H groups in total. The zero-order valence-corrected chi connectivity index (χ0v) is 11.3. The Bertz CT molecular complexity index is 455. The van der Waals surface area contributed by atoms with Gasteiger partial charge in [0.05, 0.1) is 0 Å². The van der Waals surface area contributed by atoms with Crippen LogP contribution in [-0.4, -0.2) is 11.8 Å². The first-order valence-corrected chi connectivity index (χ1v) is 6.13. The molecule has 0 saturated carbocycles. The van der Waals surface area contributed by atoms with Gasteiger partial charge in [-0.15, -0.1) is 0 Å². The third kappa shape index (κ3) is 3.58. The van der Waals surface area contributed by atoms with E-state index in [1.54, 1.807) is 6.07 Å². The minimum atomic E-state index is -0.288. The molecule has 0 spiro atoms. The molecule has 0 aliphatic carbocycles. The van der Waals surface area contributed by atoms with Gasteiger partial charge in [-0.3, -0.25) is 20.4 Å². The summed E-state index contributed by atoms with van der Waals surface area (Å²) in [6.45, 7) is 7.59. The van der Waals surface area contributed by atoms with Crippen LogP contribution in [0.25, 0.3) is 0 Å². The Morgan fingerprint density at radius 1 is 1.22 bits per heavy atom. The second-order valence-corrected chi connectivity index (χ2v) is 4.57. The predicted molar refractivity (Wildman–Crippen MR) is 71.0 cm³/mol. The van der Waals surface area contributed by atoms with E-state index in [1.165, 1.54) is 0 Å². The molecular formula is C14H20N2O2. The number of aryl methyl sites for hydroxylation is 2. The van der Waals surface area contributed by atoms with Crippen molar-refractivity contribution < 1.29 is 9.59 Å². The summed E-state index contributed by atoms with van der Waals surface area (Å²) in [7, 11) is 0. The highest BCUT2D eigenvalue weighted by Crippen LogP contribution is 2.10.